The number of halogens is 2. The van der Waals surface area contributed by atoms with E-state index in [2.05, 4.69) is 122 Å². The minimum absolute atomic E-state index is 0.826. The Morgan fingerprint density at radius 3 is 0.946 bits per heavy atom. The number of hydrogen-bond donors (Lipinski definition) is 0. The Labute approximate surface area is 241 Å². The van der Waals surface area contributed by atoms with Crippen molar-refractivity contribution < 1.29 is 20.8 Å². The van der Waals surface area contributed by atoms with Crippen LogP contribution in [0.5, 0.6) is 0 Å². The molecule has 0 heterocycles. The molecule has 0 atom stereocenters. The second kappa shape index (κ2) is 16.5. The summed E-state index contributed by atoms with van der Waals surface area (Å²) in [5.74, 6) is 0. The fraction of sp³-hybridized carbons (Fsp3) is 0.0606. The van der Waals surface area contributed by atoms with Crippen LogP contribution in [0.2, 0.25) is 13.1 Å². The summed E-state index contributed by atoms with van der Waals surface area (Å²) in [5.41, 5.74) is 0. The van der Waals surface area contributed by atoms with Gasteiger partial charge in [-0.15, -0.1) is 79.5 Å². The van der Waals surface area contributed by atoms with Crippen LogP contribution >= 0.6 is 17.0 Å². The fourth-order valence-corrected chi connectivity index (χ4v) is 4.13. The van der Waals surface area contributed by atoms with Crippen LogP contribution in [0.3, 0.4) is 0 Å². The summed E-state index contributed by atoms with van der Waals surface area (Å²) in [6.45, 7) is 4.31. The number of rotatable bonds is 0. The first-order valence-electron chi connectivity index (χ1n) is 12.0. The minimum Gasteiger partial charge on any atom is -0.214 e. The predicted molar refractivity (Wildman–Crippen MR) is 165 cm³/mol. The van der Waals surface area contributed by atoms with Crippen molar-refractivity contribution in [2.75, 3.05) is 0 Å². The monoisotopic (exact) mass is 613 g/mol. The van der Waals surface area contributed by atoms with Gasteiger partial charge in [0.05, 0.1) is 0 Å². The van der Waals surface area contributed by atoms with Crippen LogP contribution in [0.1, 0.15) is 0 Å². The van der Waals surface area contributed by atoms with Crippen LogP contribution in [0.15, 0.2) is 140 Å². The molecule has 7 aromatic carbocycles. The smallest absolute Gasteiger partial charge is 0.0771 e. The van der Waals surface area contributed by atoms with Gasteiger partial charge in [-0.05, 0) is 0 Å². The molecule has 4 heteroatoms. The van der Waals surface area contributed by atoms with Gasteiger partial charge >= 0.3 is 37.9 Å². The Balaban J connectivity index is 0.000000149. The number of fused-ring (bicyclic) bond motifs is 6. The third-order valence-corrected chi connectivity index (χ3v) is 5.60. The molecule has 0 saturated heterocycles. The van der Waals surface area contributed by atoms with Gasteiger partial charge in [0.25, 0.3) is 0 Å². The van der Waals surface area contributed by atoms with Gasteiger partial charge in [0.2, 0.25) is 0 Å². The summed E-state index contributed by atoms with van der Waals surface area (Å²) in [7, 11) is 11.0. The Hall–Kier alpha value is -2.35. The van der Waals surface area contributed by atoms with Crippen molar-refractivity contribution >= 4 is 69.6 Å². The second-order valence-electron chi connectivity index (χ2n) is 8.17. The minimum atomic E-state index is -0.826. The molecule has 0 N–H and O–H groups in total. The van der Waals surface area contributed by atoms with Crippen molar-refractivity contribution in [1.82, 2.24) is 0 Å². The molecule has 0 aliphatic heterocycles. The van der Waals surface area contributed by atoms with Gasteiger partial charge in [0, 0.05) is 9.52 Å². The Morgan fingerprint density at radius 1 is 0.486 bits per heavy atom. The molecule has 0 bridgehead atoms. The molecule has 2 radical (unpaired) electrons. The van der Waals surface area contributed by atoms with Crippen LogP contribution in [0, 0.1) is 0 Å². The normalized spacial score (nSPS) is 9.73. The van der Waals surface area contributed by atoms with Gasteiger partial charge < -0.3 is 0 Å². The van der Waals surface area contributed by atoms with Crippen LogP contribution in [0.4, 0.5) is 0 Å². The molecule has 0 nitrogen and oxygen atoms in total. The van der Waals surface area contributed by atoms with Crippen molar-refractivity contribution in [3.63, 3.8) is 0 Å². The maximum Gasteiger partial charge on any atom is -0.0771 e. The van der Waals surface area contributed by atoms with Crippen LogP contribution < -0.4 is 0 Å². The van der Waals surface area contributed by atoms with E-state index in [1.54, 1.807) is 0 Å². The topological polar surface area (TPSA) is 0 Å². The third-order valence-electron chi connectivity index (χ3n) is 5.60. The Morgan fingerprint density at radius 2 is 0.730 bits per heavy atom. The average molecular weight is 616 g/mol. The quantitative estimate of drug-likeness (QED) is 0.118. The Bertz CT molecular complexity index is 1350. The average Bonchev–Trinajstić information content (AvgIpc) is 3.70. The molecule has 0 aliphatic carbocycles. The molecular weight excluding hydrogens is 587 g/mol. The molecule has 0 spiro atoms. The molecule has 0 unspecified atom stereocenters. The van der Waals surface area contributed by atoms with Gasteiger partial charge in [0.1, 0.15) is 0 Å². The molecule has 0 aliphatic rings. The molecule has 0 fully saturated rings. The van der Waals surface area contributed by atoms with E-state index in [9.17, 15) is 0 Å². The largest absolute Gasteiger partial charge is 0.214 e. The van der Waals surface area contributed by atoms with Crippen molar-refractivity contribution in [3.05, 3.63) is 140 Å². The van der Waals surface area contributed by atoms with Gasteiger partial charge in [-0.1, -0.05) is 85.9 Å². The van der Waals surface area contributed by atoms with E-state index >= 15 is 0 Å². The van der Waals surface area contributed by atoms with Gasteiger partial charge in [-0.25, -0.2) is 12.1 Å². The standard InChI is InChI=1S/2C13H9.C5H5.C2H6Si.2ClH.Zr/c2*1-3-7-12-10(5-1)9-11-6-2-4-8-13(11)12;1-2-4-5-3-1;1-3-2;;;/h2*1-9H;1-5H;1-2H3;2*1H;/q3*-1;;;;+2/p-2. The summed E-state index contributed by atoms with van der Waals surface area (Å²) in [6.07, 6.45) is 0. The van der Waals surface area contributed by atoms with E-state index in [1.807, 2.05) is 30.3 Å². The molecular formula is C33H29Cl2SiZr-3. The molecule has 0 aromatic heterocycles. The van der Waals surface area contributed by atoms with Gasteiger partial charge in [-0.3, -0.25) is 0 Å². The third kappa shape index (κ3) is 8.59. The number of benzene rings is 4. The van der Waals surface area contributed by atoms with E-state index in [0.717, 1.165) is 9.52 Å². The molecule has 0 saturated carbocycles. The summed E-state index contributed by atoms with van der Waals surface area (Å²) in [5, 5.41) is 10.8. The second-order valence-corrected chi connectivity index (χ2v) is 12.9. The first-order valence-corrected chi connectivity index (χ1v) is 20.3. The molecule has 186 valence electrons. The fourth-order valence-electron chi connectivity index (χ4n) is 4.13. The van der Waals surface area contributed by atoms with E-state index in [-0.39, 0.29) is 0 Å². The zero-order valence-corrected chi connectivity index (χ0v) is 26.0. The van der Waals surface area contributed by atoms with Crippen molar-refractivity contribution in [3.8, 4) is 0 Å². The van der Waals surface area contributed by atoms with Crippen molar-refractivity contribution in [2.24, 2.45) is 0 Å². The van der Waals surface area contributed by atoms with E-state index in [4.69, 9.17) is 17.0 Å². The molecule has 37 heavy (non-hydrogen) atoms. The summed E-state index contributed by atoms with van der Waals surface area (Å²) in [6, 6.07) is 48.5. The number of hydrogen-bond acceptors (Lipinski definition) is 0. The van der Waals surface area contributed by atoms with Crippen LogP contribution in [0.25, 0.3) is 43.1 Å². The Kier molecular flexibility index (Phi) is 13.0. The van der Waals surface area contributed by atoms with E-state index in [0.29, 0.717) is 0 Å². The zero-order chi connectivity index (χ0) is 26.3. The maximum atomic E-state index is 4.93. The van der Waals surface area contributed by atoms with E-state index < -0.39 is 20.8 Å². The van der Waals surface area contributed by atoms with Gasteiger partial charge in [-0.2, -0.15) is 18.2 Å². The SMILES string of the molecule is C[Si]C.[Cl][Zr][Cl].c1cc[cH-]c1.c1ccc2c(c1)[cH-]c1ccccc12.c1ccc2c(c1)[cH-]c1ccccc12. The molecule has 7 rings (SSSR count). The van der Waals surface area contributed by atoms with Gasteiger partial charge in [0.15, 0.2) is 0 Å². The summed E-state index contributed by atoms with van der Waals surface area (Å²) < 4.78 is 0. The predicted octanol–water partition coefficient (Wildman–Crippen LogP) is 11.0. The first-order chi connectivity index (χ1) is 18.2. The van der Waals surface area contributed by atoms with Crippen LogP contribution in [-0.4, -0.2) is 9.52 Å². The maximum absolute atomic E-state index is 4.93. The van der Waals surface area contributed by atoms with Crippen molar-refractivity contribution in [2.45, 2.75) is 13.1 Å². The summed E-state index contributed by atoms with van der Waals surface area (Å²) in [4.78, 5) is 0. The first kappa shape index (κ1) is 29.2. The summed E-state index contributed by atoms with van der Waals surface area (Å²) >= 11 is -0.826. The van der Waals surface area contributed by atoms with E-state index in [1.165, 1.54) is 43.1 Å². The molecule has 0 amide bonds. The van der Waals surface area contributed by atoms with Crippen molar-refractivity contribution in [1.29, 1.82) is 0 Å². The van der Waals surface area contributed by atoms with Crippen LogP contribution in [-0.2, 0) is 20.8 Å². The zero-order valence-electron chi connectivity index (χ0n) is 21.0. The molecule has 7 aromatic rings.